The fraction of sp³-hybridized carbons (Fsp3) is 0.500. The number of amides is 2. The number of hydrogen-bond acceptors (Lipinski definition) is 2. The summed E-state index contributed by atoms with van der Waals surface area (Å²) in [4.78, 5) is 25.9. The van der Waals surface area contributed by atoms with Crippen LogP contribution in [0.25, 0.3) is 0 Å². The molecule has 4 nitrogen and oxygen atoms in total. The molecule has 0 unspecified atom stereocenters. The van der Waals surface area contributed by atoms with Gasteiger partial charge in [-0.05, 0) is 37.5 Å². The minimum absolute atomic E-state index is 0.0691. The standard InChI is InChI=1S/C16H20ClFN2O2/c1-2-5-16(15(19)22)6-8-20(9-7-16)14(21)11-3-4-13(18)12(17)10-11/h3-4,10H,2,5-9H2,1H3,(H2,19,22). The van der Waals surface area contributed by atoms with Gasteiger partial charge in [-0.15, -0.1) is 0 Å². The van der Waals surface area contributed by atoms with Gasteiger partial charge in [0.1, 0.15) is 5.82 Å². The summed E-state index contributed by atoms with van der Waals surface area (Å²) < 4.78 is 13.2. The molecule has 0 bridgehead atoms. The van der Waals surface area contributed by atoms with Gasteiger partial charge in [0.05, 0.1) is 10.4 Å². The van der Waals surface area contributed by atoms with Crippen LogP contribution in [0.2, 0.25) is 5.02 Å². The van der Waals surface area contributed by atoms with E-state index in [0.29, 0.717) is 31.5 Å². The molecule has 1 aliphatic heterocycles. The molecule has 22 heavy (non-hydrogen) atoms. The van der Waals surface area contributed by atoms with Crippen molar-refractivity contribution in [2.45, 2.75) is 32.6 Å². The van der Waals surface area contributed by atoms with Crippen LogP contribution in [0.15, 0.2) is 18.2 Å². The Morgan fingerprint density at radius 3 is 2.50 bits per heavy atom. The number of hydrogen-bond donors (Lipinski definition) is 1. The minimum atomic E-state index is -0.549. The predicted molar refractivity (Wildman–Crippen MR) is 83.1 cm³/mol. The first-order valence-corrected chi connectivity index (χ1v) is 7.81. The van der Waals surface area contributed by atoms with Crippen LogP contribution in [-0.2, 0) is 4.79 Å². The average Bonchev–Trinajstić information content (AvgIpc) is 2.50. The molecule has 0 saturated carbocycles. The lowest BCUT2D eigenvalue weighted by atomic mass is 9.74. The molecule has 0 aromatic heterocycles. The zero-order valence-corrected chi connectivity index (χ0v) is 13.3. The van der Waals surface area contributed by atoms with E-state index in [1.807, 2.05) is 6.92 Å². The first-order chi connectivity index (χ1) is 10.4. The van der Waals surface area contributed by atoms with Crippen molar-refractivity contribution in [1.82, 2.24) is 4.90 Å². The Morgan fingerprint density at radius 2 is 2.00 bits per heavy atom. The van der Waals surface area contributed by atoms with E-state index in [1.165, 1.54) is 18.2 Å². The Kier molecular flexibility index (Phi) is 5.06. The van der Waals surface area contributed by atoms with E-state index in [2.05, 4.69) is 0 Å². The SMILES string of the molecule is CCCC1(C(N)=O)CCN(C(=O)c2ccc(F)c(Cl)c2)CC1. The first-order valence-electron chi connectivity index (χ1n) is 7.44. The highest BCUT2D eigenvalue weighted by molar-refractivity contribution is 6.31. The number of benzene rings is 1. The van der Waals surface area contributed by atoms with Crippen LogP contribution in [0.1, 0.15) is 43.0 Å². The number of carbonyl (C=O) groups is 2. The number of carbonyl (C=O) groups excluding carboxylic acids is 2. The van der Waals surface area contributed by atoms with Gasteiger partial charge in [0.15, 0.2) is 0 Å². The second kappa shape index (κ2) is 6.65. The largest absolute Gasteiger partial charge is 0.369 e. The summed E-state index contributed by atoms with van der Waals surface area (Å²) in [5.74, 6) is -1.03. The Labute approximate surface area is 134 Å². The highest BCUT2D eigenvalue weighted by atomic mass is 35.5. The van der Waals surface area contributed by atoms with Crippen LogP contribution in [0.4, 0.5) is 4.39 Å². The molecule has 2 rings (SSSR count). The molecular weight excluding hydrogens is 307 g/mol. The Bertz CT molecular complexity index is 584. The molecular formula is C16H20ClFN2O2. The number of nitrogens with two attached hydrogens (primary N) is 1. The van der Waals surface area contributed by atoms with Crippen LogP contribution in [0.5, 0.6) is 0 Å². The first kappa shape index (κ1) is 16.7. The third-order valence-corrected chi connectivity index (χ3v) is 4.72. The fourth-order valence-corrected chi connectivity index (χ4v) is 3.23. The van der Waals surface area contributed by atoms with Gasteiger partial charge >= 0.3 is 0 Å². The molecule has 2 amide bonds. The summed E-state index contributed by atoms with van der Waals surface area (Å²) in [5, 5.41) is -0.0691. The quantitative estimate of drug-likeness (QED) is 0.924. The molecule has 0 radical (unpaired) electrons. The summed E-state index contributed by atoms with van der Waals surface area (Å²) in [7, 11) is 0. The predicted octanol–water partition coefficient (Wildman–Crippen LogP) is 2.99. The second-order valence-electron chi connectivity index (χ2n) is 5.82. The molecule has 6 heteroatoms. The van der Waals surface area contributed by atoms with Crippen molar-refractivity contribution in [1.29, 1.82) is 0 Å². The van der Waals surface area contributed by atoms with Crippen molar-refractivity contribution < 1.29 is 14.0 Å². The molecule has 1 aliphatic rings. The van der Waals surface area contributed by atoms with E-state index in [1.54, 1.807) is 4.90 Å². The zero-order valence-electron chi connectivity index (χ0n) is 12.6. The maximum absolute atomic E-state index is 13.2. The summed E-state index contributed by atoms with van der Waals surface area (Å²) in [6, 6.07) is 3.94. The second-order valence-corrected chi connectivity index (χ2v) is 6.22. The van der Waals surface area contributed by atoms with Crippen molar-refractivity contribution in [3.63, 3.8) is 0 Å². The molecule has 1 aromatic carbocycles. The molecule has 1 heterocycles. The molecule has 2 N–H and O–H groups in total. The molecule has 0 spiro atoms. The lowest BCUT2D eigenvalue weighted by Crippen LogP contribution is -2.48. The maximum atomic E-state index is 13.2. The van der Waals surface area contributed by atoms with Crippen molar-refractivity contribution in [3.8, 4) is 0 Å². The fourth-order valence-electron chi connectivity index (χ4n) is 3.05. The van der Waals surface area contributed by atoms with Crippen molar-refractivity contribution in [2.24, 2.45) is 11.1 Å². The lowest BCUT2D eigenvalue weighted by Gasteiger charge is -2.39. The van der Waals surface area contributed by atoms with Gasteiger partial charge in [-0.2, -0.15) is 0 Å². The maximum Gasteiger partial charge on any atom is 0.253 e. The third-order valence-electron chi connectivity index (χ3n) is 4.43. The average molecular weight is 327 g/mol. The third kappa shape index (κ3) is 3.24. The number of rotatable bonds is 4. The van der Waals surface area contributed by atoms with Crippen molar-refractivity contribution >= 4 is 23.4 Å². The Morgan fingerprint density at radius 1 is 1.36 bits per heavy atom. The number of piperidine rings is 1. The van der Waals surface area contributed by atoms with Gasteiger partial charge in [0.2, 0.25) is 5.91 Å². The summed E-state index contributed by atoms with van der Waals surface area (Å²) in [5.41, 5.74) is 5.40. The topological polar surface area (TPSA) is 63.4 Å². The number of nitrogens with zero attached hydrogens (tertiary/aromatic N) is 1. The van der Waals surface area contributed by atoms with Gasteiger partial charge in [-0.1, -0.05) is 24.9 Å². The zero-order chi connectivity index (χ0) is 16.3. The number of likely N-dealkylation sites (tertiary alicyclic amines) is 1. The molecule has 120 valence electrons. The minimum Gasteiger partial charge on any atom is -0.369 e. The van der Waals surface area contributed by atoms with Crippen LogP contribution < -0.4 is 5.73 Å². The smallest absolute Gasteiger partial charge is 0.253 e. The lowest BCUT2D eigenvalue weighted by molar-refractivity contribution is -0.130. The monoisotopic (exact) mass is 326 g/mol. The van der Waals surface area contributed by atoms with E-state index in [9.17, 15) is 14.0 Å². The van der Waals surface area contributed by atoms with Gasteiger partial charge in [-0.25, -0.2) is 4.39 Å². The molecule has 1 fully saturated rings. The van der Waals surface area contributed by atoms with E-state index < -0.39 is 11.2 Å². The van der Waals surface area contributed by atoms with E-state index in [-0.39, 0.29) is 16.8 Å². The van der Waals surface area contributed by atoms with Crippen LogP contribution >= 0.6 is 11.6 Å². The number of primary amides is 1. The van der Waals surface area contributed by atoms with Gasteiger partial charge in [0, 0.05) is 18.7 Å². The van der Waals surface area contributed by atoms with E-state index in [0.717, 1.165) is 12.8 Å². The highest BCUT2D eigenvalue weighted by Crippen LogP contribution is 2.36. The highest BCUT2D eigenvalue weighted by Gasteiger charge is 2.40. The summed E-state index contributed by atoms with van der Waals surface area (Å²) in [6.45, 7) is 2.95. The normalized spacial score (nSPS) is 17.3. The van der Waals surface area contributed by atoms with Crippen LogP contribution in [0, 0.1) is 11.2 Å². The van der Waals surface area contributed by atoms with Gasteiger partial charge in [-0.3, -0.25) is 9.59 Å². The Balaban J connectivity index is 2.08. The molecule has 1 aromatic rings. The number of halogens is 2. The van der Waals surface area contributed by atoms with Crippen LogP contribution in [0.3, 0.4) is 0 Å². The summed E-state index contributed by atoms with van der Waals surface area (Å²) >= 11 is 5.72. The van der Waals surface area contributed by atoms with Crippen molar-refractivity contribution in [2.75, 3.05) is 13.1 Å². The van der Waals surface area contributed by atoms with E-state index in [4.69, 9.17) is 17.3 Å². The van der Waals surface area contributed by atoms with Gasteiger partial charge < -0.3 is 10.6 Å². The molecule has 1 saturated heterocycles. The van der Waals surface area contributed by atoms with E-state index >= 15 is 0 Å². The Hall–Kier alpha value is -1.62. The molecule has 0 aliphatic carbocycles. The summed E-state index contributed by atoms with van der Waals surface area (Å²) in [6.07, 6.45) is 2.75. The van der Waals surface area contributed by atoms with Crippen molar-refractivity contribution in [3.05, 3.63) is 34.6 Å². The van der Waals surface area contributed by atoms with Crippen LogP contribution in [-0.4, -0.2) is 29.8 Å². The van der Waals surface area contributed by atoms with Gasteiger partial charge in [0.25, 0.3) is 5.91 Å². The molecule has 0 atom stereocenters.